The van der Waals surface area contributed by atoms with Crippen LogP contribution >= 0.6 is 0 Å². The van der Waals surface area contributed by atoms with Gasteiger partial charge in [-0.15, -0.1) is 0 Å². The maximum atomic E-state index is 12.0. The number of nitrogens with one attached hydrogen (secondary N) is 1. The number of amides is 1. The van der Waals surface area contributed by atoms with Gasteiger partial charge in [0, 0.05) is 19.1 Å². The molecule has 2 aliphatic rings. The van der Waals surface area contributed by atoms with Crippen molar-refractivity contribution in [1.29, 1.82) is 5.41 Å². The van der Waals surface area contributed by atoms with Crippen LogP contribution in [-0.4, -0.2) is 18.2 Å². The molecule has 82 valence electrons. The van der Waals surface area contributed by atoms with Crippen molar-refractivity contribution in [2.24, 2.45) is 0 Å². The first-order chi connectivity index (χ1) is 7.81. The Morgan fingerprint density at radius 2 is 2.12 bits per heavy atom. The van der Waals surface area contributed by atoms with Gasteiger partial charge in [-0.3, -0.25) is 4.79 Å². The highest BCUT2D eigenvalue weighted by molar-refractivity contribution is 6.01. The molecule has 0 fully saturated rings. The van der Waals surface area contributed by atoms with Crippen LogP contribution in [0.15, 0.2) is 18.2 Å². The van der Waals surface area contributed by atoms with Gasteiger partial charge < -0.3 is 10.3 Å². The van der Waals surface area contributed by atoms with Gasteiger partial charge >= 0.3 is 0 Å². The Morgan fingerprint density at radius 3 is 2.94 bits per heavy atom. The van der Waals surface area contributed by atoms with Crippen molar-refractivity contribution < 1.29 is 4.79 Å². The molecule has 0 aliphatic carbocycles. The number of hydrogen-bond acceptors (Lipinski definition) is 2. The fraction of sp³-hybridized carbons (Fsp3) is 0.385. The predicted molar refractivity (Wildman–Crippen MR) is 63.1 cm³/mol. The third-order valence-electron chi connectivity index (χ3n) is 3.50. The molecule has 1 atom stereocenters. The quantitative estimate of drug-likeness (QED) is 0.713. The largest absolute Gasteiger partial charge is 0.311 e. The molecule has 0 aromatic heterocycles. The lowest BCUT2D eigenvalue weighted by molar-refractivity contribution is -0.118. The number of carbonyl (C=O) groups excluding carboxylic acids is 1. The van der Waals surface area contributed by atoms with E-state index in [1.54, 1.807) is 0 Å². The summed E-state index contributed by atoms with van der Waals surface area (Å²) in [5.74, 6) is 0.178. The van der Waals surface area contributed by atoms with Crippen LogP contribution in [0.3, 0.4) is 0 Å². The number of rotatable bonds is 1. The van der Waals surface area contributed by atoms with Crippen molar-refractivity contribution in [3.63, 3.8) is 0 Å². The Labute approximate surface area is 94.6 Å². The maximum Gasteiger partial charge on any atom is 0.227 e. The molecule has 0 bridgehead atoms. The van der Waals surface area contributed by atoms with Crippen LogP contribution in [0.4, 0.5) is 5.69 Å². The fourth-order valence-corrected chi connectivity index (χ4v) is 2.80. The highest BCUT2D eigenvalue weighted by Gasteiger charge is 2.35. The minimum Gasteiger partial charge on any atom is -0.311 e. The molecule has 1 aromatic carbocycles. The number of anilines is 1. The number of nitrogens with zero attached hydrogens (tertiary/aromatic N) is 1. The molecule has 1 N–H and O–H groups in total. The van der Waals surface area contributed by atoms with E-state index in [4.69, 9.17) is 5.41 Å². The van der Waals surface area contributed by atoms with E-state index in [-0.39, 0.29) is 11.9 Å². The van der Waals surface area contributed by atoms with Crippen LogP contribution in [0.25, 0.3) is 0 Å². The predicted octanol–water partition coefficient (Wildman–Crippen LogP) is 1.93. The highest BCUT2D eigenvalue weighted by atomic mass is 16.2. The van der Waals surface area contributed by atoms with Gasteiger partial charge in [-0.1, -0.05) is 18.2 Å². The normalized spacial score (nSPS) is 22.9. The Morgan fingerprint density at radius 1 is 1.31 bits per heavy atom. The molecule has 0 unspecified atom stereocenters. The van der Waals surface area contributed by atoms with E-state index < -0.39 is 0 Å². The Balaban J connectivity index is 2.19. The van der Waals surface area contributed by atoms with Gasteiger partial charge in [-0.2, -0.15) is 0 Å². The second kappa shape index (κ2) is 3.44. The molecule has 3 rings (SSSR count). The third-order valence-corrected chi connectivity index (χ3v) is 3.50. The van der Waals surface area contributed by atoms with Crippen molar-refractivity contribution >= 4 is 17.8 Å². The van der Waals surface area contributed by atoms with Crippen molar-refractivity contribution in [2.45, 2.75) is 31.7 Å². The molecule has 0 saturated heterocycles. The zero-order valence-corrected chi connectivity index (χ0v) is 9.07. The monoisotopic (exact) mass is 214 g/mol. The van der Waals surface area contributed by atoms with E-state index >= 15 is 0 Å². The minimum atomic E-state index is -0.0539. The van der Waals surface area contributed by atoms with Gasteiger partial charge in [0.25, 0.3) is 0 Å². The number of para-hydroxylation sites is 1. The van der Waals surface area contributed by atoms with Gasteiger partial charge in [-0.05, 0) is 24.0 Å². The molecular weight excluding hydrogens is 200 g/mol. The van der Waals surface area contributed by atoms with Crippen molar-refractivity contribution in [1.82, 2.24) is 0 Å². The van der Waals surface area contributed by atoms with Crippen LogP contribution in [0.2, 0.25) is 0 Å². The van der Waals surface area contributed by atoms with Crippen LogP contribution in [0.5, 0.6) is 0 Å². The third kappa shape index (κ3) is 1.21. The van der Waals surface area contributed by atoms with E-state index in [1.807, 2.05) is 4.90 Å². The molecule has 3 heteroatoms. The van der Waals surface area contributed by atoms with Gasteiger partial charge in [0.15, 0.2) is 0 Å². The van der Waals surface area contributed by atoms with Crippen LogP contribution in [0, 0.1) is 5.41 Å². The maximum absolute atomic E-state index is 12.0. The average molecular weight is 214 g/mol. The van der Waals surface area contributed by atoms with E-state index in [0.717, 1.165) is 24.9 Å². The van der Waals surface area contributed by atoms with Crippen LogP contribution in [0.1, 0.15) is 24.0 Å². The zero-order valence-electron chi connectivity index (χ0n) is 9.07. The summed E-state index contributed by atoms with van der Waals surface area (Å²) in [6.45, 7) is 0. The Hall–Kier alpha value is -1.64. The van der Waals surface area contributed by atoms with E-state index in [9.17, 15) is 4.79 Å². The lowest BCUT2D eigenvalue weighted by Crippen LogP contribution is -2.38. The minimum absolute atomic E-state index is 0.0539. The summed E-state index contributed by atoms with van der Waals surface area (Å²) in [6.07, 6.45) is 4.72. The first kappa shape index (κ1) is 9.58. The topological polar surface area (TPSA) is 44.2 Å². The number of aryl methyl sites for hydroxylation is 1. The molecule has 3 nitrogen and oxygen atoms in total. The Bertz CT molecular complexity index is 467. The highest BCUT2D eigenvalue weighted by Crippen LogP contribution is 2.38. The summed E-state index contributed by atoms with van der Waals surface area (Å²) >= 11 is 0. The molecular formula is C13H14N2O. The van der Waals surface area contributed by atoms with Gasteiger partial charge in [0.05, 0.1) is 11.7 Å². The molecule has 2 aliphatic heterocycles. The lowest BCUT2D eigenvalue weighted by atomic mass is 10.0. The number of carbonyl (C=O) groups is 1. The first-order valence-corrected chi connectivity index (χ1v) is 5.74. The molecule has 0 saturated carbocycles. The van der Waals surface area contributed by atoms with Gasteiger partial charge in [-0.25, -0.2) is 0 Å². The van der Waals surface area contributed by atoms with Gasteiger partial charge in [0.2, 0.25) is 5.91 Å². The van der Waals surface area contributed by atoms with E-state index in [2.05, 4.69) is 18.2 Å². The fourth-order valence-electron chi connectivity index (χ4n) is 2.80. The second-order valence-corrected chi connectivity index (χ2v) is 4.48. The standard InChI is InChI=1S/C13H14N2O/c14-8-11-7-10-5-1-3-9-4-2-6-12(16)15(11)13(9)10/h1,3,5,8,11,14H,2,4,6-7H2/t11-/m0/s1. The summed E-state index contributed by atoms with van der Waals surface area (Å²) in [4.78, 5) is 13.9. The molecule has 0 radical (unpaired) electrons. The summed E-state index contributed by atoms with van der Waals surface area (Å²) in [5, 5.41) is 7.45. The Kier molecular flexibility index (Phi) is 2.06. The summed E-state index contributed by atoms with van der Waals surface area (Å²) in [6, 6.07) is 6.20. The lowest BCUT2D eigenvalue weighted by Gasteiger charge is -2.22. The van der Waals surface area contributed by atoms with Crippen LogP contribution in [-0.2, 0) is 17.6 Å². The van der Waals surface area contributed by atoms with Crippen molar-refractivity contribution in [2.75, 3.05) is 4.90 Å². The first-order valence-electron chi connectivity index (χ1n) is 5.74. The second-order valence-electron chi connectivity index (χ2n) is 4.48. The van der Waals surface area contributed by atoms with E-state index in [1.165, 1.54) is 17.3 Å². The molecule has 16 heavy (non-hydrogen) atoms. The average Bonchev–Trinajstić information content (AvgIpc) is 2.59. The van der Waals surface area contributed by atoms with Gasteiger partial charge in [0.1, 0.15) is 0 Å². The van der Waals surface area contributed by atoms with Crippen molar-refractivity contribution in [3.8, 4) is 0 Å². The zero-order chi connectivity index (χ0) is 11.1. The van der Waals surface area contributed by atoms with E-state index in [0.29, 0.717) is 6.42 Å². The van der Waals surface area contributed by atoms with Crippen LogP contribution < -0.4 is 4.90 Å². The SMILES string of the molecule is N=C[C@@H]1Cc2cccc3c2N1C(=O)CCC3. The smallest absolute Gasteiger partial charge is 0.227 e. The number of benzene rings is 1. The summed E-state index contributed by atoms with van der Waals surface area (Å²) in [7, 11) is 0. The summed E-state index contributed by atoms with van der Waals surface area (Å²) < 4.78 is 0. The molecule has 0 spiro atoms. The number of hydrogen-bond donors (Lipinski definition) is 1. The summed E-state index contributed by atoms with van der Waals surface area (Å²) in [5.41, 5.74) is 3.59. The molecule has 1 aromatic rings. The van der Waals surface area contributed by atoms with Crippen molar-refractivity contribution in [3.05, 3.63) is 29.3 Å². The molecule has 1 amide bonds. The molecule has 2 heterocycles.